The summed E-state index contributed by atoms with van der Waals surface area (Å²) in [6.07, 6.45) is 0. The molecule has 212 valence electrons. The second-order valence-corrected chi connectivity index (χ2v) is 7.37. The second-order valence-electron chi connectivity index (χ2n) is 7.37. The Balaban J connectivity index is 0.000000307. The van der Waals surface area contributed by atoms with Crippen LogP contribution in [0.5, 0.6) is 0 Å². The number of rotatable bonds is 2. The summed E-state index contributed by atoms with van der Waals surface area (Å²) in [5, 5.41) is 20.2. The number of benzene rings is 2. The monoisotopic (exact) mass is 540 g/mol. The number of ether oxygens (including phenoxy) is 6. The van der Waals surface area contributed by atoms with Crippen molar-refractivity contribution in [3.05, 3.63) is 68.8 Å². The second kappa shape index (κ2) is 21.7. The van der Waals surface area contributed by atoms with E-state index in [1.165, 1.54) is 48.5 Å². The van der Waals surface area contributed by atoms with Gasteiger partial charge in [-0.1, -0.05) is 0 Å². The number of hydrogen-bond donors (Lipinski definition) is 2. The lowest BCUT2D eigenvalue weighted by Crippen LogP contribution is -2.16. The number of nitro groups is 2. The van der Waals surface area contributed by atoms with Gasteiger partial charge in [-0.25, -0.2) is 0 Å². The average molecular weight is 541 g/mol. The van der Waals surface area contributed by atoms with Crippen LogP contribution in [0, 0.1) is 20.2 Å². The van der Waals surface area contributed by atoms with Crippen LogP contribution in [0.4, 0.5) is 22.7 Å². The van der Waals surface area contributed by atoms with Gasteiger partial charge in [-0.05, 0) is 24.3 Å². The zero-order chi connectivity index (χ0) is 27.8. The van der Waals surface area contributed by atoms with Crippen LogP contribution in [0.1, 0.15) is 0 Å². The third kappa shape index (κ3) is 17.9. The maximum atomic E-state index is 10.1. The van der Waals surface area contributed by atoms with Gasteiger partial charge in [-0.15, -0.1) is 0 Å². The largest absolute Gasteiger partial charge is 0.399 e. The fraction of sp³-hybridized carbons (Fsp3) is 0.500. The van der Waals surface area contributed by atoms with Gasteiger partial charge in [0.05, 0.1) is 89.1 Å². The molecule has 14 nitrogen and oxygen atoms in total. The summed E-state index contributed by atoms with van der Waals surface area (Å²) < 4.78 is 32.0. The number of non-ortho nitro benzene ring substituents is 2. The summed E-state index contributed by atoms with van der Waals surface area (Å²) in [5.41, 5.74) is 11.8. The van der Waals surface area contributed by atoms with Crippen LogP contribution in [-0.2, 0) is 28.4 Å². The van der Waals surface area contributed by atoms with Crippen molar-refractivity contribution >= 4 is 22.7 Å². The topological polar surface area (TPSA) is 194 Å². The minimum Gasteiger partial charge on any atom is -0.399 e. The van der Waals surface area contributed by atoms with Gasteiger partial charge in [0.2, 0.25) is 0 Å². The van der Waals surface area contributed by atoms with Crippen LogP contribution in [-0.4, -0.2) is 89.1 Å². The number of hydrogen-bond acceptors (Lipinski definition) is 12. The third-order valence-corrected chi connectivity index (χ3v) is 4.44. The Bertz CT molecular complexity index is 754. The van der Waals surface area contributed by atoms with Crippen molar-refractivity contribution in [2.75, 3.05) is 90.7 Å². The SMILES string of the molecule is C1COCCOCCOCCOCCOCCO1.Nc1ccc([N+](=O)[O-])cc1.Nc1ccc([N+](=O)[O-])cc1. The van der Waals surface area contributed by atoms with Crippen LogP contribution in [0.2, 0.25) is 0 Å². The summed E-state index contributed by atoms with van der Waals surface area (Å²) in [5.74, 6) is 0. The third-order valence-electron chi connectivity index (χ3n) is 4.44. The molecule has 1 saturated heterocycles. The van der Waals surface area contributed by atoms with Gasteiger partial charge < -0.3 is 39.9 Å². The van der Waals surface area contributed by atoms with E-state index in [0.29, 0.717) is 90.7 Å². The molecule has 1 heterocycles. The number of nitrogens with zero attached hydrogens (tertiary/aromatic N) is 2. The zero-order valence-electron chi connectivity index (χ0n) is 21.2. The highest BCUT2D eigenvalue weighted by molar-refractivity contribution is 5.45. The maximum absolute atomic E-state index is 10.1. The molecule has 2 aromatic carbocycles. The first-order valence-electron chi connectivity index (χ1n) is 11.9. The lowest BCUT2D eigenvalue weighted by atomic mass is 10.3. The minimum absolute atomic E-state index is 0.0641. The summed E-state index contributed by atoms with van der Waals surface area (Å²) in [6.45, 7) is 7.04. The number of nitrogens with two attached hydrogens (primary N) is 2. The van der Waals surface area contributed by atoms with Gasteiger partial charge in [0, 0.05) is 35.6 Å². The molecule has 3 rings (SSSR count). The molecule has 1 fully saturated rings. The molecule has 1 aliphatic rings. The van der Waals surface area contributed by atoms with Gasteiger partial charge in [-0.2, -0.15) is 0 Å². The van der Waals surface area contributed by atoms with E-state index in [9.17, 15) is 20.2 Å². The molecular formula is C24H36N4O10. The fourth-order valence-electron chi connectivity index (χ4n) is 2.51. The predicted molar refractivity (Wildman–Crippen MR) is 140 cm³/mol. The smallest absolute Gasteiger partial charge is 0.269 e. The molecule has 0 bridgehead atoms. The van der Waals surface area contributed by atoms with Crippen LogP contribution in [0.15, 0.2) is 48.5 Å². The van der Waals surface area contributed by atoms with E-state index >= 15 is 0 Å². The zero-order valence-corrected chi connectivity index (χ0v) is 21.2. The van der Waals surface area contributed by atoms with Crippen molar-refractivity contribution in [3.8, 4) is 0 Å². The first kappa shape index (κ1) is 32.6. The van der Waals surface area contributed by atoms with E-state index < -0.39 is 9.85 Å². The Hall–Kier alpha value is -3.40. The predicted octanol–water partition coefficient (Wildman–Crippen LogP) is 2.45. The first-order valence-corrected chi connectivity index (χ1v) is 11.9. The molecule has 38 heavy (non-hydrogen) atoms. The van der Waals surface area contributed by atoms with Crippen molar-refractivity contribution < 1.29 is 38.3 Å². The highest BCUT2D eigenvalue weighted by Crippen LogP contribution is 2.12. The van der Waals surface area contributed by atoms with Gasteiger partial charge in [-0.3, -0.25) is 20.2 Å². The van der Waals surface area contributed by atoms with Crippen molar-refractivity contribution in [2.24, 2.45) is 0 Å². The molecule has 1 aliphatic heterocycles. The first-order chi connectivity index (χ1) is 18.4. The molecule has 0 radical (unpaired) electrons. The van der Waals surface area contributed by atoms with Crippen molar-refractivity contribution in [2.45, 2.75) is 0 Å². The molecule has 4 N–H and O–H groups in total. The lowest BCUT2D eigenvalue weighted by molar-refractivity contribution is -0.385. The van der Waals surface area contributed by atoms with E-state index in [2.05, 4.69) is 0 Å². The standard InChI is InChI=1S/C12H24O6.2C6H6N2O2/c1-2-14-5-6-16-9-10-18-12-11-17-8-7-15-4-3-13-1;2*7-5-1-3-6(4-2-5)8(9)10/h1-12H2;2*1-4H,7H2. The Morgan fingerprint density at radius 1 is 0.447 bits per heavy atom. The molecule has 0 saturated carbocycles. The molecule has 0 amide bonds. The van der Waals surface area contributed by atoms with Crippen LogP contribution in [0.3, 0.4) is 0 Å². The Labute approximate surface area is 221 Å². The van der Waals surface area contributed by atoms with Crippen molar-refractivity contribution in [1.29, 1.82) is 0 Å². The number of nitro benzene ring substituents is 2. The summed E-state index contributed by atoms with van der Waals surface area (Å²) in [4.78, 5) is 19.2. The highest BCUT2D eigenvalue weighted by atomic mass is 16.6. The fourth-order valence-corrected chi connectivity index (χ4v) is 2.51. The van der Waals surface area contributed by atoms with E-state index in [4.69, 9.17) is 39.9 Å². The highest BCUT2D eigenvalue weighted by Gasteiger charge is 2.02. The molecular weight excluding hydrogens is 504 g/mol. The van der Waals surface area contributed by atoms with Gasteiger partial charge in [0.15, 0.2) is 0 Å². The molecule has 14 heteroatoms. The lowest BCUT2D eigenvalue weighted by Gasteiger charge is -2.09. The molecule has 0 spiro atoms. The quantitative estimate of drug-likeness (QED) is 0.321. The van der Waals surface area contributed by atoms with Crippen molar-refractivity contribution in [3.63, 3.8) is 0 Å². The maximum Gasteiger partial charge on any atom is 0.269 e. The molecule has 0 atom stereocenters. The van der Waals surface area contributed by atoms with Crippen LogP contribution < -0.4 is 11.5 Å². The minimum atomic E-state index is -0.459. The molecule has 0 aliphatic carbocycles. The normalized spacial score (nSPS) is 16.2. The average Bonchev–Trinajstić information content (AvgIpc) is 2.90. The molecule has 0 unspecified atom stereocenters. The van der Waals surface area contributed by atoms with E-state index in [1.807, 2.05) is 0 Å². The Morgan fingerprint density at radius 3 is 0.789 bits per heavy atom. The van der Waals surface area contributed by atoms with Gasteiger partial charge in [0.25, 0.3) is 11.4 Å². The van der Waals surface area contributed by atoms with Gasteiger partial charge in [0.1, 0.15) is 0 Å². The van der Waals surface area contributed by atoms with Gasteiger partial charge >= 0.3 is 0 Å². The summed E-state index contributed by atoms with van der Waals surface area (Å²) in [7, 11) is 0. The molecule has 2 aromatic rings. The Morgan fingerprint density at radius 2 is 0.632 bits per heavy atom. The van der Waals surface area contributed by atoms with E-state index in [-0.39, 0.29) is 11.4 Å². The number of anilines is 2. The molecule has 0 aromatic heterocycles. The summed E-state index contributed by atoms with van der Waals surface area (Å²) >= 11 is 0. The van der Waals surface area contributed by atoms with Crippen LogP contribution >= 0.6 is 0 Å². The van der Waals surface area contributed by atoms with E-state index in [1.54, 1.807) is 0 Å². The number of nitrogen functional groups attached to an aromatic ring is 2. The summed E-state index contributed by atoms with van der Waals surface area (Å²) in [6, 6.07) is 11.5. The Kier molecular flexibility index (Phi) is 18.6. The van der Waals surface area contributed by atoms with Crippen LogP contribution in [0.25, 0.3) is 0 Å². The van der Waals surface area contributed by atoms with Crippen molar-refractivity contribution in [1.82, 2.24) is 0 Å². The van der Waals surface area contributed by atoms with E-state index in [0.717, 1.165) is 0 Å².